The van der Waals surface area contributed by atoms with E-state index in [9.17, 15) is 0 Å². The molecule has 2 atom stereocenters. The highest BCUT2D eigenvalue weighted by molar-refractivity contribution is 8.02. The quantitative estimate of drug-likeness (QED) is 0.572. The lowest BCUT2D eigenvalue weighted by atomic mass is 9.74. The van der Waals surface area contributed by atoms with Crippen molar-refractivity contribution in [2.75, 3.05) is 6.26 Å². The Labute approximate surface area is 98.9 Å². The Morgan fingerprint density at radius 1 is 1.13 bits per heavy atom. The fraction of sp³-hybridized carbons (Fsp3) is 0.857. The minimum Gasteiger partial charge on any atom is -0.134 e. The third-order valence-corrected chi connectivity index (χ3v) is 5.14. The molecular formula is C14H24S. The van der Waals surface area contributed by atoms with E-state index in [2.05, 4.69) is 13.2 Å². The normalized spacial score (nSPS) is 29.2. The summed E-state index contributed by atoms with van der Waals surface area (Å²) < 4.78 is 0. The third-order valence-electron chi connectivity index (χ3n) is 4.14. The van der Waals surface area contributed by atoms with E-state index in [1.807, 2.05) is 17.3 Å². The largest absolute Gasteiger partial charge is 0.134 e. The van der Waals surface area contributed by atoms with Crippen LogP contribution < -0.4 is 0 Å². The summed E-state index contributed by atoms with van der Waals surface area (Å²) in [5.41, 5.74) is 1.86. The molecule has 86 valence electrons. The fourth-order valence-electron chi connectivity index (χ4n) is 3.35. The molecule has 1 saturated carbocycles. The first-order valence-corrected chi connectivity index (χ1v) is 7.87. The lowest BCUT2D eigenvalue weighted by molar-refractivity contribution is 0.427. The monoisotopic (exact) mass is 224 g/mol. The van der Waals surface area contributed by atoms with Gasteiger partial charge in [0.1, 0.15) is 0 Å². The van der Waals surface area contributed by atoms with E-state index in [0.717, 1.165) is 11.8 Å². The first-order valence-electron chi connectivity index (χ1n) is 6.65. The van der Waals surface area contributed by atoms with Crippen LogP contribution in [-0.2, 0) is 0 Å². The zero-order valence-electron chi connectivity index (χ0n) is 10.2. The smallest absolute Gasteiger partial charge is 0.00364 e. The van der Waals surface area contributed by atoms with Crippen LogP contribution in [0.1, 0.15) is 58.3 Å². The Kier molecular flexibility index (Phi) is 4.19. The van der Waals surface area contributed by atoms with Gasteiger partial charge in [-0.2, -0.15) is 0 Å². The van der Waals surface area contributed by atoms with E-state index in [-0.39, 0.29) is 0 Å². The predicted octanol–water partition coefficient (Wildman–Crippen LogP) is 5.00. The molecule has 2 aliphatic rings. The highest BCUT2D eigenvalue weighted by Crippen LogP contribution is 2.56. The van der Waals surface area contributed by atoms with Gasteiger partial charge in [0.15, 0.2) is 0 Å². The van der Waals surface area contributed by atoms with Gasteiger partial charge in [-0.3, -0.25) is 0 Å². The average Bonchev–Trinajstić information content (AvgIpc) is 2.63. The molecule has 2 unspecified atom stereocenters. The third kappa shape index (κ3) is 2.27. The van der Waals surface area contributed by atoms with E-state index in [1.165, 1.54) is 51.4 Å². The molecule has 2 rings (SSSR count). The van der Waals surface area contributed by atoms with Crippen LogP contribution in [0.25, 0.3) is 0 Å². The molecule has 0 saturated heterocycles. The van der Waals surface area contributed by atoms with E-state index < -0.39 is 0 Å². The van der Waals surface area contributed by atoms with Gasteiger partial charge < -0.3 is 0 Å². The summed E-state index contributed by atoms with van der Waals surface area (Å²) >= 11 is 2.04. The minimum atomic E-state index is 1.00. The molecule has 0 N–H and O–H groups in total. The standard InChI is InChI=1S/C14H24S/c1-3-4-5-6-8-12-11-9-7-10-13(11)14(12)15-2/h11,13H,3-10H2,1-2H3. The van der Waals surface area contributed by atoms with Crippen molar-refractivity contribution >= 4 is 11.8 Å². The van der Waals surface area contributed by atoms with Crippen molar-refractivity contribution in [1.29, 1.82) is 0 Å². The Morgan fingerprint density at radius 3 is 2.67 bits per heavy atom. The lowest BCUT2D eigenvalue weighted by Crippen LogP contribution is -2.24. The summed E-state index contributed by atoms with van der Waals surface area (Å²) in [6, 6.07) is 0. The maximum absolute atomic E-state index is 2.29. The molecule has 0 bridgehead atoms. The van der Waals surface area contributed by atoms with Crippen molar-refractivity contribution in [1.82, 2.24) is 0 Å². The second-order valence-electron chi connectivity index (χ2n) is 5.05. The molecule has 0 aromatic carbocycles. The van der Waals surface area contributed by atoms with Gasteiger partial charge >= 0.3 is 0 Å². The highest BCUT2D eigenvalue weighted by Gasteiger charge is 2.41. The van der Waals surface area contributed by atoms with Crippen molar-refractivity contribution in [2.24, 2.45) is 11.8 Å². The van der Waals surface area contributed by atoms with Crippen LogP contribution >= 0.6 is 11.8 Å². The number of fused-ring (bicyclic) bond motifs is 1. The van der Waals surface area contributed by atoms with E-state index in [1.54, 1.807) is 4.91 Å². The van der Waals surface area contributed by atoms with Crippen molar-refractivity contribution in [3.05, 3.63) is 10.5 Å². The van der Waals surface area contributed by atoms with Gasteiger partial charge in [0, 0.05) is 0 Å². The molecule has 15 heavy (non-hydrogen) atoms. The summed E-state index contributed by atoms with van der Waals surface area (Å²) in [6.45, 7) is 2.29. The molecule has 1 heteroatoms. The maximum Gasteiger partial charge on any atom is -0.00364 e. The van der Waals surface area contributed by atoms with Gasteiger partial charge in [-0.15, -0.1) is 11.8 Å². The minimum absolute atomic E-state index is 1.00. The van der Waals surface area contributed by atoms with Crippen molar-refractivity contribution in [3.8, 4) is 0 Å². The van der Waals surface area contributed by atoms with E-state index in [4.69, 9.17) is 0 Å². The number of hydrogen-bond acceptors (Lipinski definition) is 1. The summed E-state index contributed by atoms with van der Waals surface area (Å²) in [5, 5.41) is 0. The van der Waals surface area contributed by atoms with Gasteiger partial charge in [-0.25, -0.2) is 0 Å². The number of hydrogen-bond donors (Lipinski definition) is 0. The number of unbranched alkanes of at least 4 members (excludes halogenated alkanes) is 3. The second-order valence-corrected chi connectivity index (χ2v) is 5.90. The van der Waals surface area contributed by atoms with Crippen LogP contribution in [0.2, 0.25) is 0 Å². The summed E-state index contributed by atoms with van der Waals surface area (Å²) in [7, 11) is 0. The zero-order chi connectivity index (χ0) is 10.7. The van der Waals surface area contributed by atoms with Crippen LogP contribution in [0.5, 0.6) is 0 Å². The van der Waals surface area contributed by atoms with Crippen molar-refractivity contribution in [3.63, 3.8) is 0 Å². The predicted molar refractivity (Wildman–Crippen MR) is 70.1 cm³/mol. The van der Waals surface area contributed by atoms with E-state index in [0.29, 0.717) is 0 Å². The fourth-order valence-corrected chi connectivity index (χ4v) is 4.45. The highest BCUT2D eigenvalue weighted by atomic mass is 32.2. The number of thioether (sulfide) groups is 1. The van der Waals surface area contributed by atoms with Crippen LogP contribution in [-0.4, -0.2) is 6.26 Å². The van der Waals surface area contributed by atoms with Gasteiger partial charge in [0.05, 0.1) is 0 Å². The van der Waals surface area contributed by atoms with Gasteiger partial charge in [-0.1, -0.05) is 38.2 Å². The maximum atomic E-state index is 2.29. The molecule has 0 heterocycles. The molecule has 0 amide bonds. The molecule has 2 aliphatic carbocycles. The van der Waals surface area contributed by atoms with Gasteiger partial charge in [-0.05, 0) is 48.7 Å². The number of rotatable bonds is 6. The summed E-state index contributed by atoms with van der Waals surface area (Å²) in [4.78, 5) is 1.79. The first kappa shape index (κ1) is 11.6. The molecule has 1 fully saturated rings. The van der Waals surface area contributed by atoms with Crippen molar-refractivity contribution < 1.29 is 0 Å². The Morgan fingerprint density at radius 2 is 1.93 bits per heavy atom. The van der Waals surface area contributed by atoms with Gasteiger partial charge in [0.25, 0.3) is 0 Å². The SMILES string of the molecule is CCCCCCC1=C(SC)C2CCCC12. The molecule has 0 nitrogen and oxygen atoms in total. The Bertz CT molecular complexity index is 242. The van der Waals surface area contributed by atoms with Gasteiger partial charge in [0.2, 0.25) is 0 Å². The Balaban J connectivity index is 1.82. The molecule has 0 spiro atoms. The zero-order valence-corrected chi connectivity index (χ0v) is 11.0. The molecule has 0 aromatic heterocycles. The average molecular weight is 224 g/mol. The summed E-state index contributed by atoms with van der Waals surface area (Å²) in [6.07, 6.45) is 13.8. The summed E-state index contributed by atoms with van der Waals surface area (Å²) in [5.74, 6) is 2.02. The van der Waals surface area contributed by atoms with E-state index >= 15 is 0 Å². The lowest BCUT2D eigenvalue weighted by Gasteiger charge is -2.37. The molecule has 0 radical (unpaired) electrons. The van der Waals surface area contributed by atoms with Crippen LogP contribution in [0.3, 0.4) is 0 Å². The van der Waals surface area contributed by atoms with Crippen LogP contribution in [0.15, 0.2) is 10.5 Å². The van der Waals surface area contributed by atoms with Crippen molar-refractivity contribution in [2.45, 2.75) is 58.3 Å². The molecular weight excluding hydrogens is 200 g/mol. The topological polar surface area (TPSA) is 0 Å². The van der Waals surface area contributed by atoms with Crippen LogP contribution in [0.4, 0.5) is 0 Å². The Hall–Kier alpha value is 0.0900. The first-order chi connectivity index (χ1) is 7.38. The number of allylic oxidation sites excluding steroid dienone is 2. The van der Waals surface area contributed by atoms with Crippen LogP contribution in [0, 0.1) is 11.8 Å². The second kappa shape index (κ2) is 5.43. The molecule has 0 aromatic rings. The molecule has 0 aliphatic heterocycles.